The average Bonchev–Trinajstić information content (AvgIpc) is 3.00. The summed E-state index contributed by atoms with van der Waals surface area (Å²) in [5.74, 6) is 1.48. The number of carbonyl (C=O) groups excluding carboxylic acids is 1. The van der Waals surface area contributed by atoms with E-state index in [-0.39, 0.29) is 6.03 Å². The summed E-state index contributed by atoms with van der Waals surface area (Å²) in [5.41, 5.74) is 0.982. The monoisotopic (exact) mass is 305 g/mol. The highest BCUT2D eigenvalue weighted by molar-refractivity contribution is 7.13. The lowest BCUT2D eigenvalue weighted by Crippen LogP contribution is -2.30. The smallest absolute Gasteiger partial charge is 0.323 e. The third-order valence-corrected chi connectivity index (χ3v) is 3.71. The van der Waals surface area contributed by atoms with E-state index >= 15 is 0 Å². The number of carbonyl (C=O) groups is 1. The van der Waals surface area contributed by atoms with Gasteiger partial charge in [0.1, 0.15) is 13.2 Å². The molecular formula is C14H15N3O3S. The molecule has 2 aromatic rings. The van der Waals surface area contributed by atoms with Gasteiger partial charge in [-0.3, -0.25) is 5.32 Å². The van der Waals surface area contributed by atoms with Crippen LogP contribution in [0.2, 0.25) is 0 Å². The molecule has 0 bridgehead atoms. The highest BCUT2D eigenvalue weighted by Gasteiger charge is 2.14. The molecule has 6 nitrogen and oxygen atoms in total. The second kappa shape index (κ2) is 6.01. The number of amides is 2. The molecule has 0 unspecified atom stereocenters. The van der Waals surface area contributed by atoms with Crippen molar-refractivity contribution in [2.75, 3.05) is 25.6 Å². The summed E-state index contributed by atoms with van der Waals surface area (Å²) in [6, 6.07) is 5.51. The molecule has 0 atom stereocenters. The highest BCUT2D eigenvalue weighted by Crippen LogP contribution is 2.31. The summed E-state index contributed by atoms with van der Waals surface area (Å²) in [6.45, 7) is 1.60. The van der Waals surface area contributed by atoms with Gasteiger partial charge in [-0.05, 0) is 17.7 Å². The molecule has 21 heavy (non-hydrogen) atoms. The lowest BCUT2D eigenvalue weighted by atomic mass is 10.2. The molecule has 1 aromatic carbocycles. The molecule has 0 saturated carbocycles. The van der Waals surface area contributed by atoms with Gasteiger partial charge in [-0.25, -0.2) is 9.78 Å². The number of hydrogen-bond donors (Lipinski definition) is 1. The third kappa shape index (κ3) is 3.25. The number of nitrogens with one attached hydrogen (secondary N) is 1. The SMILES string of the molecule is CN(Cc1ccc2c(c1)OCCO2)C(=O)Nc1nccs1. The predicted molar refractivity (Wildman–Crippen MR) is 80.0 cm³/mol. The van der Waals surface area contributed by atoms with Gasteiger partial charge >= 0.3 is 6.03 Å². The standard InChI is InChI=1S/C14H15N3O3S/c1-17(14(18)16-13-15-4-7-21-13)9-10-2-3-11-12(8-10)20-6-5-19-11/h2-4,7-8H,5-6,9H2,1H3,(H,15,16,18). The maximum absolute atomic E-state index is 12.0. The zero-order valence-electron chi connectivity index (χ0n) is 11.5. The largest absolute Gasteiger partial charge is 0.486 e. The van der Waals surface area contributed by atoms with E-state index < -0.39 is 0 Å². The van der Waals surface area contributed by atoms with Crippen molar-refractivity contribution in [2.45, 2.75) is 6.54 Å². The van der Waals surface area contributed by atoms with Gasteiger partial charge in [0, 0.05) is 25.2 Å². The zero-order chi connectivity index (χ0) is 14.7. The summed E-state index contributed by atoms with van der Waals surface area (Å²) < 4.78 is 11.0. The fraction of sp³-hybridized carbons (Fsp3) is 0.286. The molecule has 2 amide bonds. The molecule has 1 aromatic heterocycles. The van der Waals surface area contributed by atoms with E-state index in [0.29, 0.717) is 24.9 Å². The van der Waals surface area contributed by atoms with Crippen LogP contribution >= 0.6 is 11.3 Å². The Morgan fingerprint density at radius 2 is 2.19 bits per heavy atom. The molecule has 0 radical (unpaired) electrons. The normalized spacial score (nSPS) is 12.8. The molecule has 0 fully saturated rings. The van der Waals surface area contributed by atoms with Gasteiger partial charge in [0.2, 0.25) is 0 Å². The summed E-state index contributed by atoms with van der Waals surface area (Å²) in [4.78, 5) is 17.6. The first-order valence-electron chi connectivity index (χ1n) is 6.52. The van der Waals surface area contributed by atoms with Gasteiger partial charge in [-0.2, -0.15) is 0 Å². The van der Waals surface area contributed by atoms with E-state index in [9.17, 15) is 4.79 Å². The Hall–Kier alpha value is -2.28. The summed E-state index contributed by atoms with van der Waals surface area (Å²) in [7, 11) is 1.74. The minimum Gasteiger partial charge on any atom is -0.486 e. The number of anilines is 1. The molecule has 3 rings (SSSR count). The Bertz CT molecular complexity index is 630. The molecule has 7 heteroatoms. The molecule has 0 aliphatic carbocycles. The lowest BCUT2D eigenvalue weighted by Gasteiger charge is -2.21. The van der Waals surface area contributed by atoms with E-state index in [2.05, 4.69) is 10.3 Å². The Labute approximate surface area is 126 Å². The van der Waals surface area contributed by atoms with Crippen LogP contribution in [0, 0.1) is 0 Å². The molecule has 1 aliphatic rings. The van der Waals surface area contributed by atoms with Crippen LogP contribution in [-0.4, -0.2) is 36.2 Å². The van der Waals surface area contributed by atoms with Crippen LogP contribution < -0.4 is 14.8 Å². The van der Waals surface area contributed by atoms with E-state index in [1.54, 1.807) is 18.1 Å². The number of benzene rings is 1. The van der Waals surface area contributed by atoms with Crippen LogP contribution in [0.15, 0.2) is 29.8 Å². The minimum absolute atomic E-state index is 0.195. The van der Waals surface area contributed by atoms with Crippen LogP contribution in [-0.2, 0) is 6.54 Å². The fourth-order valence-electron chi connectivity index (χ4n) is 2.00. The third-order valence-electron chi connectivity index (χ3n) is 3.02. The topological polar surface area (TPSA) is 63.7 Å². The van der Waals surface area contributed by atoms with Crippen LogP contribution in [0.3, 0.4) is 0 Å². The van der Waals surface area contributed by atoms with Crippen molar-refractivity contribution < 1.29 is 14.3 Å². The Morgan fingerprint density at radius 1 is 1.38 bits per heavy atom. The maximum Gasteiger partial charge on any atom is 0.323 e. The fourth-order valence-corrected chi connectivity index (χ4v) is 2.52. The molecular weight excluding hydrogens is 290 g/mol. The van der Waals surface area contributed by atoms with Crippen molar-refractivity contribution in [3.05, 3.63) is 35.3 Å². The van der Waals surface area contributed by atoms with E-state index in [1.165, 1.54) is 11.3 Å². The molecule has 0 saturated heterocycles. The Balaban J connectivity index is 1.64. The van der Waals surface area contributed by atoms with Crippen molar-refractivity contribution >= 4 is 22.5 Å². The molecule has 0 spiro atoms. The van der Waals surface area contributed by atoms with Gasteiger partial charge in [0.25, 0.3) is 0 Å². The van der Waals surface area contributed by atoms with Crippen molar-refractivity contribution in [1.82, 2.24) is 9.88 Å². The average molecular weight is 305 g/mol. The molecule has 2 heterocycles. The van der Waals surface area contributed by atoms with Crippen LogP contribution in [0.5, 0.6) is 11.5 Å². The van der Waals surface area contributed by atoms with Crippen LogP contribution in [0.1, 0.15) is 5.56 Å². The quantitative estimate of drug-likeness (QED) is 0.946. The first-order chi connectivity index (χ1) is 10.2. The van der Waals surface area contributed by atoms with Gasteiger partial charge in [0.05, 0.1) is 0 Å². The Kier molecular flexibility index (Phi) is 3.92. The summed E-state index contributed by atoms with van der Waals surface area (Å²) >= 11 is 1.39. The zero-order valence-corrected chi connectivity index (χ0v) is 12.4. The van der Waals surface area contributed by atoms with Gasteiger partial charge in [0.15, 0.2) is 16.6 Å². The van der Waals surface area contributed by atoms with Crippen LogP contribution in [0.25, 0.3) is 0 Å². The number of ether oxygens (including phenoxy) is 2. The number of thiazole rings is 1. The molecule has 110 valence electrons. The molecule has 1 aliphatic heterocycles. The van der Waals surface area contributed by atoms with Gasteiger partial charge in [-0.15, -0.1) is 11.3 Å². The van der Waals surface area contributed by atoms with Crippen molar-refractivity contribution in [2.24, 2.45) is 0 Å². The first-order valence-corrected chi connectivity index (χ1v) is 7.40. The lowest BCUT2D eigenvalue weighted by molar-refractivity contribution is 0.171. The summed E-state index contributed by atoms with van der Waals surface area (Å²) in [5, 5.41) is 5.15. The van der Waals surface area contributed by atoms with Crippen molar-refractivity contribution in [3.8, 4) is 11.5 Å². The number of aromatic nitrogens is 1. The maximum atomic E-state index is 12.0. The van der Waals surface area contributed by atoms with Crippen molar-refractivity contribution in [1.29, 1.82) is 0 Å². The van der Waals surface area contributed by atoms with Gasteiger partial charge < -0.3 is 14.4 Å². The second-order valence-corrected chi connectivity index (χ2v) is 5.50. The van der Waals surface area contributed by atoms with E-state index in [0.717, 1.165) is 17.1 Å². The van der Waals surface area contributed by atoms with E-state index in [4.69, 9.17) is 9.47 Å². The van der Waals surface area contributed by atoms with Crippen molar-refractivity contribution in [3.63, 3.8) is 0 Å². The number of rotatable bonds is 3. The second-order valence-electron chi connectivity index (χ2n) is 4.60. The number of urea groups is 1. The van der Waals surface area contributed by atoms with Crippen LogP contribution in [0.4, 0.5) is 9.93 Å². The highest BCUT2D eigenvalue weighted by atomic mass is 32.1. The predicted octanol–water partition coefficient (Wildman–Crippen LogP) is 2.58. The minimum atomic E-state index is -0.195. The first kappa shape index (κ1) is 13.7. The number of fused-ring (bicyclic) bond motifs is 1. The van der Waals surface area contributed by atoms with E-state index in [1.807, 2.05) is 23.6 Å². The van der Waals surface area contributed by atoms with Gasteiger partial charge in [-0.1, -0.05) is 6.07 Å². The molecule has 1 N–H and O–H groups in total. The summed E-state index contributed by atoms with van der Waals surface area (Å²) in [6.07, 6.45) is 1.65. The number of nitrogens with zero attached hydrogens (tertiary/aromatic N) is 2. The number of hydrogen-bond acceptors (Lipinski definition) is 5. The Morgan fingerprint density at radius 3 is 2.95 bits per heavy atom.